The van der Waals surface area contributed by atoms with Gasteiger partial charge in [-0.15, -0.1) is 0 Å². The van der Waals surface area contributed by atoms with Crippen molar-refractivity contribution < 1.29 is 44.6 Å². The molecule has 1 N–H and O–H groups in total. The zero-order valence-electron chi connectivity index (χ0n) is 3.92. The van der Waals surface area contributed by atoms with Crippen LogP contribution in [0.15, 0.2) is 0 Å². The summed E-state index contributed by atoms with van der Waals surface area (Å²) in [6.45, 7) is 0. The molecule has 0 bridgehead atoms. The van der Waals surface area contributed by atoms with Crippen LogP contribution in [-0.2, 0) is 13.5 Å². The summed E-state index contributed by atoms with van der Waals surface area (Å²) in [4.78, 5) is 8.44. The van der Waals surface area contributed by atoms with Gasteiger partial charge >= 0.3 is 67.3 Å². The SMILES string of the molecule is O=C([O-])O.[Ca+2].[Na+].[SH-]. The van der Waals surface area contributed by atoms with Crippen molar-refractivity contribution in [2.75, 3.05) is 0 Å². The van der Waals surface area contributed by atoms with E-state index in [0.717, 1.165) is 0 Å². The molecule has 0 fully saturated rings. The third kappa shape index (κ3) is 77.1. The van der Waals surface area contributed by atoms with Crippen LogP contribution in [0.4, 0.5) is 4.79 Å². The van der Waals surface area contributed by atoms with Gasteiger partial charge in [-0.1, -0.05) is 0 Å². The van der Waals surface area contributed by atoms with Gasteiger partial charge < -0.3 is 28.5 Å². The van der Waals surface area contributed by atoms with Gasteiger partial charge in [-0.05, 0) is 0 Å². The second-order valence-electron chi connectivity index (χ2n) is 0.266. The largest absolute Gasteiger partial charge is 2.00 e. The predicted octanol–water partition coefficient (Wildman–Crippen LogP) is -4.76. The monoisotopic (exact) mass is 157 g/mol. The maximum atomic E-state index is 8.44. The summed E-state index contributed by atoms with van der Waals surface area (Å²) < 4.78 is 0. The predicted molar refractivity (Wildman–Crippen MR) is 22.5 cm³/mol. The van der Waals surface area contributed by atoms with Crippen LogP contribution >= 0.6 is 0 Å². The van der Waals surface area contributed by atoms with Crippen molar-refractivity contribution >= 4 is 57.4 Å². The molecule has 0 aromatic carbocycles. The van der Waals surface area contributed by atoms with Crippen LogP contribution in [0.3, 0.4) is 0 Å². The fourth-order valence-electron chi connectivity index (χ4n) is 0. The van der Waals surface area contributed by atoms with Gasteiger partial charge in [0.2, 0.25) is 6.16 Å². The minimum atomic E-state index is -2.08. The molecule has 0 aliphatic carbocycles. The van der Waals surface area contributed by atoms with Gasteiger partial charge in [0.25, 0.3) is 0 Å². The Labute approximate surface area is 100 Å². The molecule has 3 nitrogen and oxygen atoms in total. The van der Waals surface area contributed by atoms with Gasteiger partial charge in [-0.3, -0.25) is 0 Å². The van der Waals surface area contributed by atoms with Crippen LogP contribution in [0.5, 0.6) is 0 Å². The van der Waals surface area contributed by atoms with Crippen molar-refractivity contribution in [2.24, 2.45) is 0 Å². The molecule has 0 radical (unpaired) electrons. The summed E-state index contributed by atoms with van der Waals surface area (Å²) >= 11 is 0. The molecule has 0 rings (SSSR count). The van der Waals surface area contributed by atoms with E-state index in [9.17, 15) is 0 Å². The van der Waals surface area contributed by atoms with Crippen LogP contribution in [0, 0.1) is 0 Å². The van der Waals surface area contributed by atoms with E-state index < -0.39 is 6.16 Å². The molecular formula is CH2CaNaO3S+. The van der Waals surface area contributed by atoms with Gasteiger partial charge in [0.05, 0.1) is 0 Å². The Balaban J connectivity index is -0.0000000150. The third-order valence-electron chi connectivity index (χ3n) is 0. The average Bonchev–Trinajstić information content (AvgIpc) is 0.811. The van der Waals surface area contributed by atoms with E-state index in [1.807, 2.05) is 0 Å². The van der Waals surface area contributed by atoms with Crippen molar-refractivity contribution in [1.82, 2.24) is 0 Å². The summed E-state index contributed by atoms with van der Waals surface area (Å²) in [5.41, 5.74) is 0. The number of carbonyl (C=O) groups is 1. The minimum absolute atomic E-state index is 0. The zero-order chi connectivity index (χ0) is 3.58. The molecule has 0 aliphatic heterocycles. The summed E-state index contributed by atoms with van der Waals surface area (Å²) in [5.74, 6) is 0. The first kappa shape index (κ1) is 23.2. The van der Waals surface area contributed by atoms with Gasteiger partial charge in [-0.25, -0.2) is 0 Å². The van der Waals surface area contributed by atoms with E-state index in [4.69, 9.17) is 15.0 Å². The summed E-state index contributed by atoms with van der Waals surface area (Å²) in [7, 11) is 0. The summed E-state index contributed by atoms with van der Waals surface area (Å²) in [5, 5.41) is 15.3. The quantitative estimate of drug-likeness (QED) is 0.218. The van der Waals surface area contributed by atoms with Gasteiger partial charge in [0.1, 0.15) is 0 Å². The average molecular weight is 157 g/mol. The van der Waals surface area contributed by atoms with Crippen LogP contribution in [0.25, 0.3) is 0 Å². The third-order valence-corrected chi connectivity index (χ3v) is 0. The standard InChI is InChI=1S/CH2O3.Ca.Na.H2S/c2-1(3)4;;;/h(H2,2,3,4);;;1H2/q;+2;+1;/p-2. The number of thiol groups is 1. The summed E-state index contributed by atoms with van der Waals surface area (Å²) in [6.07, 6.45) is -2.08. The second kappa shape index (κ2) is 15.7. The first-order chi connectivity index (χ1) is 1.73. The molecule has 0 aromatic rings. The van der Waals surface area contributed by atoms with E-state index in [1.54, 1.807) is 0 Å². The van der Waals surface area contributed by atoms with Crippen LogP contribution < -0.4 is 34.7 Å². The van der Waals surface area contributed by atoms with Crippen LogP contribution in [-0.4, -0.2) is 49.0 Å². The van der Waals surface area contributed by atoms with Crippen LogP contribution in [0.1, 0.15) is 0 Å². The van der Waals surface area contributed by atoms with Crippen molar-refractivity contribution in [3.05, 3.63) is 0 Å². The molecular weight excluding hydrogens is 155 g/mol. The maximum absolute atomic E-state index is 8.44. The first-order valence-corrected chi connectivity index (χ1v) is 0.632. The second-order valence-corrected chi connectivity index (χ2v) is 0.266. The van der Waals surface area contributed by atoms with E-state index in [-0.39, 0.29) is 80.8 Å². The molecule has 0 heterocycles. The molecule has 7 heavy (non-hydrogen) atoms. The number of hydrogen-bond acceptors (Lipinski definition) is 3. The van der Waals surface area contributed by atoms with Crippen LogP contribution in [0.2, 0.25) is 0 Å². The topological polar surface area (TPSA) is 60.4 Å². The fourth-order valence-corrected chi connectivity index (χ4v) is 0. The van der Waals surface area contributed by atoms with Crippen molar-refractivity contribution in [3.8, 4) is 0 Å². The molecule has 0 aromatic heterocycles. The van der Waals surface area contributed by atoms with Crippen molar-refractivity contribution in [3.63, 3.8) is 0 Å². The Bertz CT molecular complexity index is 37.9. The summed E-state index contributed by atoms with van der Waals surface area (Å²) in [6, 6.07) is 0. The zero-order valence-corrected chi connectivity index (χ0v) is 9.02. The molecule has 0 atom stereocenters. The fraction of sp³-hybridized carbons (Fsp3) is 0. The smallest absolute Gasteiger partial charge is 0.813 e. The van der Waals surface area contributed by atoms with E-state index in [2.05, 4.69) is 0 Å². The van der Waals surface area contributed by atoms with Crippen molar-refractivity contribution in [2.45, 2.75) is 0 Å². The normalized spacial score (nSPS) is 3.43. The molecule has 0 saturated heterocycles. The molecule has 6 heteroatoms. The molecule has 0 unspecified atom stereocenters. The van der Waals surface area contributed by atoms with E-state index in [0.29, 0.717) is 0 Å². The molecule has 0 saturated carbocycles. The Morgan fingerprint density at radius 2 is 1.57 bits per heavy atom. The number of rotatable bonds is 0. The molecule has 0 spiro atoms. The van der Waals surface area contributed by atoms with Crippen molar-refractivity contribution in [1.29, 1.82) is 0 Å². The van der Waals surface area contributed by atoms with Gasteiger partial charge in [-0.2, -0.15) is 0 Å². The van der Waals surface area contributed by atoms with E-state index in [1.165, 1.54) is 0 Å². The van der Waals surface area contributed by atoms with Gasteiger partial charge in [0, 0.05) is 0 Å². The molecule has 0 amide bonds. The first-order valence-electron chi connectivity index (χ1n) is 0.632. The minimum Gasteiger partial charge on any atom is -0.813 e. The number of hydrogen-bond donors (Lipinski definition) is 1. The van der Waals surface area contributed by atoms with Gasteiger partial charge in [0.15, 0.2) is 0 Å². The Morgan fingerprint density at radius 1 is 1.57 bits per heavy atom. The molecule has 0 aliphatic rings. The number of carboxylic acid groups (broad SMARTS) is 2. The maximum Gasteiger partial charge on any atom is 2.00 e. The Hall–Kier alpha value is 1.88. The Kier molecular flexibility index (Phi) is 51.8. The Morgan fingerprint density at radius 3 is 1.57 bits per heavy atom. The molecule has 32 valence electrons. The van der Waals surface area contributed by atoms with E-state index >= 15 is 0 Å².